The van der Waals surface area contributed by atoms with Crippen LogP contribution in [0.15, 0.2) is 6.07 Å². The number of hydrazine groups is 1. The van der Waals surface area contributed by atoms with E-state index in [9.17, 15) is 0 Å². The van der Waals surface area contributed by atoms with E-state index in [1.54, 1.807) is 0 Å². The molecule has 0 aromatic carbocycles. The van der Waals surface area contributed by atoms with Gasteiger partial charge in [0.15, 0.2) is 0 Å². The molecule has 1 aromatic heterocycles. The van der Waals surface area contributed by atoms with E-state index in [0.29, 0.717) is 17.8 Å². The SMILES string of the molecule is CC1CN(c2cc(NN)nc(N)n2)CC1N(C)C. The fourth-order valence-electron chi connectivity index (χ4n) is 2.50. The summed E-state index contributed by atoms with van der Waals surface area (Å²) in [6.07, 6.45) is 0. The summed E-state index contributed by atoms with van der Waals surface area (Å²) >= 11 is 0. The van der Waals surface area contributed by atoms with Gasteiger partial charge in [-0.3, -0.25) is 0 Å². The van der Waals surface area contributed by atoms with E-state index in [1.807, 2.05) is 6.07 Å². The van der Waals surface area contributed by atoms with E-state index in [1.165, 1.54) is 0 Å². The van der Waals surface area contributed by atoms with Gasteiger partial charge in [0.05, 0.1) is 0 Å². The summed E-state index contributed by atoms with van der Waals surface area (Å²) in [6.45, 7) is 4.15. The second-order valence-electron chi connectivity index (χ2n) is 5.03. The molecule has 0 amide bonds. The van der Waals surface area contributed by atoms with Crippen LogP contribution < -0.4 is 21.9 Å². The van der Waals surface area contributed by atoms with Gasteiger partial charge in [-0.1, -0.05) is 6.92 Å². The number of nitrogens with zero attached hydrogens (tertiary/aromatic N) is 4. The van der Waals surface area contributed by atoms with Crippen molar-refractivity contribution in [2.24, 2.45) is 11.8 Å². The summed E-state index contributed by atoms with van der Waals surface area (Å²) in [5.74, 6) is 7.56. The highest BCUT2D eigenvalue weighted by Gasteiger charge is 2.31. The van der Waals surface area contributed by atoms with Crippen LogP contribution in [0.5, 0.6) is 0 Å². The van der Waals surface area contributed by atoms with Crippen molar-refractivity contribution in [3.05, 3.63) is 6.07 Å². The third kappa shape index (κ3) is 2.46. The fraction of sp³-hybridized carbons (Fsp3) is 0.636. The van der Waals surface area contributed by atoms with Crippen LogP contribution in [0.2, 0.25) is 0 Å². The third-order valence-electron chi connectivity index (χ3n) is 3.44. The van der Waals surface area contributed by atoms with Crippen molar-refractivity contribution in [1.29, 1.82) is 0 Å². The van der Waals surface area contributed by atoms with Gasteiger partial charge in [-0.25, -0.2) is 5.84 Å². The van der Waals surface area contributed by atoms with Crippen LogP contribution in [-0.4, -0.2) is 48.1 Å². The monoisotopic (exact) mass is 251 g/mol. The Bertz CT molecular complexity index is 420. The van der Waals surface area contributed by atoms with Crippen LogP contribution in [0.25, 0.3) is 0 Å². The van der Waals surface area contributed by atoms with Gasteiger partial charge in [0.25, 0.3) is 0 Å². The van der Waals surface area contributed by atoms with Crippen LogP contribution in [0.4, 0.5) is 17.6 Å². The van der Waals surface area contributed by atoms with Gasteiger partial charge in [-0.15, -0.1) is 0 Å². The number of nitrogens with two attached hydrogens (primary N) is 2. The Morgan fingerprint density at radius 3 is 2.67 bits per heavy atom. The summed E-state index contributed by atoms with van der Waals surface area (Å²) in [4.78, 5) is 12.7. The molecule has 2 atom stereocenters. The minimum Gasteiger partial charge on any atom is -0.368 e. The van der Waals surface area contributed by atoms with Crippen molar-refractivity contribution in [2.75, 3.05) is 43.2 Å². The Morgan fingerprint density at radius 1 is 1.39 bits per heavy atom. The molecule has 7 nitrogen and oxygen atoms in total. The maximum atomic E-state index is 5.68. The first kappa shape index (κ1) is 12.8. The maximum absolute atomic E-state index is 5.68. The Morgan fingerprint density at radius 2 is 2.11 bits per heavy atom. The van der Waals surface area contributed by atoms with Gasteiger partial charge < -0.3 is 21.0 Å². The maximum Gasteiger partial charge on any atom is 0.223 e. The molecule has 1 fully saturated rings. The molecule has 0 spiro atoms. The molecule has 5 N–H and O–H groups in total. The van der Waals surface area contributed by atoms with E-state index in [-0.39, 0.29) is 5.95 Å². The van der Waals surface area contributed by atoms with Gasteiger partial charge in [0.2, 0.25) is 5.95 Å². The zero-order valence-electron chi connectivity index (χ0n) is 11.1. The summed E-state index contributed by atoms with van der Waals surface area (Å²) < 4.78 is 0. The predicted molar refractivity (Wildman–Crippen MR) is 73.1 cm³/mol. The lowest BCUT2D eigenvalue weighted by atomic mass is 10.1. The van der Waals surface area contributed by atoms with Crippen molar-refractivity contribution in [2.45, 2.75) is 13.0 Å². The number of rotatable bonds is 3. The van der Waals surface area contributed by atoms with Gasteiger partial charge in [0, 0.05) is 25.2 Å². The highest BCUT2D eigenvalue weighted by molar-refractivity contribution is 5.52. The molecule has 1 aliphatic rings. The lowest BCUT2D eigenvalue weighted by molar-refractivity contribution is 0.266. The molecular formula is C11H21N7. The van der Waals surface area contributed by atoms with Crippen molar-refractivity contribution < 1.29 is 0 Å². The number of hydrogen-bond donors (Lipinski definition) is 3. The average Bonchev–Trinajstić information content (AvgIpc) is 2.70. The molecule has 1 saturated heterocycles. The van der Waals surface area contributed by atoms with Crippen molar-refractivity contribution in [3.63, 3.8) is 0 Å². The number of nitrogen functional groups attached to an aromatic ring is 2. The van der Waals surface area contributed by atoms with Crippen molar-refractivity contribution >= 4 is 17.6 Å². The second-order valence-corrected chi connectivity index (χ2v) is 5.03. The Kier molecular flexibility index (Phi) is 3.53. The lowest BCUT2D eigenvalue weighted by Crippen LogP contribution is -2.34. The van der Waals surface area contributed by atoms with Crippen LogP contribution >= 0.6 is 0 Å². The van der Waals surface area contributed by atoms with Gasteiger partial charge >= 0.3 is 0 Å². The van der Waals surface area contributed by atoms with E-state index in [0.717, 1.165) is 18.9 Å². The summed E-state index contributed by atoms with van der Waals surface area (Å²) in [7, 11) is 4.21. The lowest BCUT2D eigenvalue weighted by Gasteiger charge is -2.22. The minimum atomic E-state index is 0.237. The zero-order chi connectivity index (χ0) is 13.3. The topological polar surface area (TPSA) is 96.3 Å². The molecule has 100 valence electrons. The number of nitrogens with one attached hydrogen (secondary N) is 1. The first-order valence-electron chi connectivity index (χ1n) is 6.03. The first-order valence-corrected chi connectivity index (χ1v) is 6.03. The first-order chi connectivity index (χ1) is 8.51. The number of aromatic nitrogens is 2. The molecule has 1 aliphatic heterocycles. The van der Waals surface area contributed by atoms with Crippen molar-refractivity contribution in [1.82, 2.24) is 14.9 Å². The van der Waals surface area contributed by atoms with Crippen LogP contribution in [0.1, 0.15) is 6.92 Å². The van der Waals surface area contributed by atoms with Gasteiger partial charge in [0.1, 0.15) is 11.6 Å². The highest BCUT2D eigenvalue weighted by Crippen LogP contribution is 2.26. The molecule has 0 bridgehead atoms. The Balaban J connectivity index is 2.20. The molecule has 2 unspecified atom stereocenters. The van der Waals surface area contributed by atoms with Crippen LogP contribution in [-0.2, 0) is 0 Å². The predicted octanol–water partition coefficient (Wildman–Crippen LogP) is -0.269. The molecule has 0 radical (unpaired) electrons. The minimum absolute atomic E-state index is 0.237. The standard InChI is InChI=1S/C11H21N7/c1-7-5-18(6-8(7)17(2)3)10-4-9(16-13)14-11(12)15-10/h4,7-8H,5-6,13H2,1-3H3,(H3,12,14,15,16). The normalized spacial score (nSPS) is 23.7. The average molecular weight is 251 g/mol. The second kappa shape index (κ2) is 4.95. The Labute approximate surface area is 107 Å². The van der Waals surface area contributed by atoms with Gasteiger partial charge in [-0.05, 0) is 20.0 Å². The summed E-state index contributed by atoms with van der Waals surface area (Å²) in [6, 6.07) is 2.34. The van der Waals surface area contributed by atoms with Crippen LogP contribution in [0, 0.1) is 5.92 Å². The smallest absolute Gasteiger partial charge is 0.223 e. The third-order valence-corrected chi connectivity index (χ3v) is 3.44. The largest absolute Gasteiger partial charge is 0.368 e. The van der Waals surface area contributed by atoms with E-state index in [4.69, 9.17) is 11.6 Å². The molecule has 1 aromatic rings. The number of hydrogen-bond acceptors (Lipinski definition) is 7. The molecule has 2 heterocycles. The van der Waals surface area contributed by atoms with E-state index in [2.05, 4.69) is 46.2 Å². The highest BCUT2D eigenvalue weighted by atomic mass is 15.3. The zero-order valence-corrected chi connectivity index (χ0v) is 11.1. The summed E-state index contributed by atoms with van der Waals surface area (Å²) in [5, 5.41) is 0. The molecule has 2 rings (SSSR count). The van der Waals surface area contributed by atoms with Crippen molar-refractivity contribution in [3.8, 4) is 0 Å². The fourth-order valence-corrected chi connectivity index (χ4v) is 2.50. The van der Waals surface area contributed by atoms with E-state index >= 15 is 0 Å². The molecule has 0 aliphatic carbocycles. The number of likely N-dealkylation sites (N-methyl/N-ethyl adjacent to an activating group) is 1. The summed E-state index contributed by atoms with van der Waals surface area (Å²) in [5.41, 5.74) is 8.19. The Hall–Kier alpha value is -1.60. The molecular weight excluding hydrogens is 230 g/mol. The van der Waals surface area contributed by atoms with Crippen LogP contribution in [0.3, 0.4) is 0 Å². The van der Waals surface area contributed by atoms with Gasteiger partial charge in [-0.2, -0.15) is 9.97 Å². The molecule has 7 heteroatoms. The van der Waals surface area contributed by atoms with E-state index < -0.39 is 0 Å². The molecule has 18 heavy (non-hydrogen) atoms. The number of anilines is 3. The molecule has 0 saturated carbocycles. The quantitative estimate of drug-likeness (QED) is 0.502.